The molecule has 24 heavy (non-hydrogen) atoms. The predicted molar refractivity (Wildman–Crippen MR) is 93.4 cm³/mol. The van der Waals surface area contributed by atoms with E-state index >= 15 is 0 Å². The Balaban J connectivity index is 2.04. The molecule has 0 aliphatic carbocycles. The SMILES string of the molecule is CC1(C)OB(c2ccc3c(=O)ccn(CCCO)c3n2)OC1(C)C. The van der Waals surface area contributed by atoms with Crippen LogP contribution in [0.3, 0.4) is 0 Å². The molecule has 1 saturated heterocycles. The number of nitrogens with zero attached hydrogens (tertiary/aromatic N) is 2. The first kappa shape index (κ1) is 17.1. The molecule has 2 aromatic rings. The van der Waals surface area contributed by atoms with E-state index in [-0.39, 0.29) is 12.0 Å². The van der Waals surface area contributed by atoms with Crippen LogP contribution < -0.4 is 11.0 Å². The highest BCUT2D eigenvalue weighted by Crippen LogP contribution is 2.36. The van der Waals surface area contributed by atoms with Crippen molar-refractivity contribution in [2.75, 3.05) is 6.61 Å². The van der Waals surface area contributed by atoms with Gasteiger partial charge in [0.05, 0.1) is 22.2 Å². The second-order valence-corrected chi connectivity index (χ2v) is 7.15. The molecule has 128 valence electrons. The zero-order chi connectivity index (χ0) is 17.5. The van der Waals surface area contributed by atoms with Gasteiger partial charge in [-0.2, -0.15) is 0 Å². The van der Waals surface area contributed by atoms with Crippen molar-refractivity contribution >= 4 is 23.7 Å². The van der Waals surface area contributed by atoms with E-state index in [2.05, 4.69) is 4.98 Å². The number of aryl methyl sites for hydroxylation is 1. The summed E-state index contributed by atoms with van der Waals surface area (Å²) in [5.74, 6) is 0. The molecular formula is C17H23BN2O4. The Kier molecular flexibility index (Phi) is 4.27. The van der Waals surface area contributed by atoms with E-state index in [4.69, 9.17) is 14.4 Å². The summed E-state index contributed by atoms with van der Waals surface area (Å²) in [7, 11) is -0.569. The molecule has 1 N–H and O–H groups in total. The monoisotopic (exact) mass is 330 g/mol. The summed E-state index contributed by atoms with van der Waals surface area (Å²) >= 11 is 0. The van der Waals surface area contributed by atoms with Gasteiger partial charge in [0.15, 0.2) is 5.43 Å². The lowest BCUT2D eigenvalue weighted by Crippen LogP contribution is -2.41. The van der Waals surface area contributed by atoms with Crippen molar-refractivity contribution in [1.29, 1.82) is 0 Å². The topological polar surface area (TPSA) is 73.6 Å². The van der Waals surface area contributed by atoms with Gasteiger partial charge < -0.3 is 19.0 Å². The molecule has 3 heterocycles. The van der Waals surface area contributed by atoms with Gasteiger partial charge in [0.1, 0.15) is 5.65 Å². The minimum Gasteiger partial charge on any atom is -0.398 e. The molecule has 1 fully saturated rings. The van der Waals surface area contributed by atoms with Crippen LogP contribution in [0.25, 0.3) is 11.0 Å². The molecule has 0 aromatic carbocycles. The molecule has 0 atom stereocenters. The van der Waals surface area contributed by atoms with Crippen LogP contribution in [0, 0.1) is 0 Å². The number of pyridine rings is 2. The van der Waals surface area contributed by atoms with Crippen molar-refractivity contribution < 1.29 is 14.4 Å². The first-order valence-electron chi connectivity index (χ1n) is 8.22. The van der Waals surface area contributed by atoms with Gasteiger partial charge in [-0.1, -0.05) is 0 Å². The van der Waals surface area contributed by atoms with Crippen LogP contribution in [-0.4, -0.2) is 39.6 Å². The Morgan fingerprint density at radius 2 is 1.83 bits per heavy atom. The van der Waals surface area contributed by atoms with Crippen LogP contribution in [0.5, 0.6) is 0 Å². The molecule has 0 saturated carbocycles. The Morgan fingerprint density at radius 1 is 1.17 bits per heavy atom. The molecule has 2 aromatic heterocycles. The third kappa shape index (κ3) is 2.87. The number of hydrogen-bond acceptors (Lipinski definition) is 5. The highest BCUT2D eigenvalue weighted by Gasteiger charge is 2.52. The van der Waals surface area contributed by atoms with Crippen molar-refractivity contribution in [3.05, 3.63) is 34.6 Å². The zero-order valence-corrected chi connectivity index (χ0v) is 14.6. The van der Waals surface area contributed by atoms with E-state index in [0.29, 0.717) is 29.6 Å². The molecule has 1 aliphatic rings. The van der Waals surface area contributed by atoms with Gasteiger partial charge >= 0.3 is 7.12 Å². The molecule has 0 bridgehead atoms. The number of fused-ring (bicyclic) bond motifs is 1. The van der Waals surface area contributed by atoms with Crippen molar-refractivity contribution in [1.82, 2.24) is 9.55 Å². The van der Waals surface area contributed by atoms with Gasteiger partial charge in [0.25, 0.3) is 0 Å². The van der Waals surface area contributed by atoms with E-state index in [0.717, 1.165) is 0 Å². The number of aromatic nitrogens is 2. The number of aliphatic hydroxyl groups excluding tert-OH is 1. The van der Waals surface area contributed by atoms with E-state index < -0.39 is 18.3 Å². The first-order valence-corrected chi connectivity index (χ1v) is 8.22. The highest BCUT2D eigenvalue weighted by atomic mass is 16.7. The van der Waals surface area contributed by atoms with Gasteiger partial charge in [0.2, 0.25) is 0 Å². The van der Waals surface area contributed by atoms with Crippen LogP contribution in [0.15, 0.2) is 29.2 Å². The average molecular weight is 330 g/mol. The summed E-state index contributed by atoms with van der Waals surface area (Å²) in [5, 5.41) is 9.61. The Bertz CT molecular complexity index is 800. The Hall–Kier alpha value is -1.70. The Morgan fingerprint density at radius 3 is 2.46 bits per heavy atom. The van der Waals surface area contributed by atoms with E-state index in [1.54, 1.807) is 18.3 Å². The van der Waals surface area contributed by atoms with Crippen LogP contribution in [0.4, 0.5) is 0 Å². The fourth-order valence-corrected chi connectivity index (χ4v) is 2.71. The van der Waals surface area contributed by atoms with Crippen LogP contribution in [0.2, 0.25) is 0 Å². The summed E-state index contributed by atoms with van der Waals surface area (Å²) in [6.07, 6.45) is 2.31. The molecule has 7 heteroatoms. The Labute approximate surface area is 141 Å². The molecule has 0 radical (unpaired) electrons. The quantitative estimate of drug-likeness (QED) is 0.849. The summed E-state index contributed by atoms with van der Waals surface area (Å²) in [4.78, 5) is 16.7. The van der Waals surface area contributed by atoms with Crippen molar-refractivity contribution in [3.63, 3.8) is 0 Å². The lowest BCUT2D eigenvalue weighted by Gasteiger charge is -2.32. The molecule has 3 rings (SSSR count). The molecule has 1 aliphatic heterocycles. The van der Waals surface area contributed by atoms with Gasteiger partial charge in [-0.15, -0.1) is 0 Å². The summed E-state index contributed by atoms with van der Waals surface area (Å²) in [6.45, 7) is 8.64. The minimum absolute atomic E-state index is 0.0711. The number of aliphatic hydroxyl groups is 1. The van der Waals surface area contributed by atoms with E-state index in [1.807, 2.05) is 32.3 Å². The third-order valence-corrected chi connectivity index (χ3v) is 4.89. The van der Waals surface area contributed by atoms with Gasteiger partial charge in [0, 0.05) is 25.4 Å². The second-order valence-electron chi connectivity index (χ2n) is 7.15. The maximum Gasteiger partial charge on any atom is 0.514 e. The van der Waals surface area contributed by atoms with E-state index in [1.165, 1.54) is 6.07 Å². The molecule has 0 unspecified atom stereocenters. The molecule has 0 spiro atoms. The standard InChI is InChI=1S/C17H23BN2O4/c1-16(2)17(3,4)24-18(23-16)14-7-6-12-13(22)8-10-20(9-5-11-21)15(12)19-14/h6-8,10,21H,5,9,11H2,1-4H3. The summed E-state index contributed by atoms with van der Waals surface area (Å²) in [5.41, 5.74) is 0.272. The average Bonchev–Trinajstić information content (AvgIpc) is 2.74. The maximum atomic E-state index is 12.1. The summed E-state index contributed by atoms with van der Waals surface area (Å²) in [6, 6.07) is 5.07. The largest absolute Gasteiger partial charge is 0.514 e. The zero-order valence-electron chi connectivity index (χ0n) is 14.6. The first-order chi connectivity index (χ1) is 11.2. The molecule has 6 nitrogen and oxygen atoms in total. The lowest BCUT2D eigenvalue weighted by molar-refractivity contribution is 0.00578. The maximum absolute atomic E-state index is 12.1. The smallest absolute Gasteiger partial charge is 0.398 e. The van der Waals surface area contributed by atoms with Gasteiger partial charge in [-0.25, -0.2) is 4.98 Å². The minimum atomic E-state index is -0.569. The van der Waals surface area contributed by atoms with Crippen LogP contribution in [0.1, 0.15) is 34.1 Å². The molecule has 0 amide bonds. The second kappa shape index (κ2) is 5.99. The number of hydrogen-bond donors (Lipinski definition) is 1. The lowest BCUT2D eigenvalue weighted by atomic mass is 9.84. The predicted octanol–water partition coefficient (Wildman–Crippen LogP) is 1.08. The highest BCUT2D eigenvalue weighted by molar-refractivity contribution is 6.61. The van der Waals surface area contributed by atoms with Crippen molar-refractivity contribution in [2.24, 2.45) is 0 Å². The fourth-order valence-electron chi connectivity index (χ4n) is 2.71. The fraction of sp³-hybridized carbons (Fsp3) is 0.529. The van der Waals surface area contributed by atoms with Crippen molar-refractivity contribution in [3.8, 4) is 0 Å². The third-order valence-electron chi connectivity index (χ3n) is 4.89. The molecular weight excluding hydrogens is 307 g/mol. The van der Waals surface area contributed by atoms with Gasteiger partial charge in [-0.3, -0.25) is 4.79 Å². The van der Waals surface area contributed by atoms with Gasteiger partial charge in [-0.05, 0) is 46.2 Å². The van der Waals surface area contributed by atoms with Crippen LogP contribution >= 0.6 is 0 Å². The van der Waals surface area contributed by atoms with E-state index in [9.17, 15) is 4.79 Å². The van der Waals surface area contributed by atoms with Crippen molar-refractivity contribution in [2.45, 2.75) is 51.9 Å². The number of rotatable bonds is 4. The summed E-state index contributed by atoms with van der Waals surface area (Å²) < 4.78 is 14.0. The van der Waals surface area contributed by atoms with Crippen LogP contribution in [-0.2, 0) is 15.9 Å². The normalized spacial score (nSPS) is 19.1.